The van der Waals surface area contributed by atoms with Crippen molar-refractivity contribution in [3.05, 3.63) is 0 Å². The topological polar surface area (TPSA) is 35.5 Å². The van der Waals surface area contributed by atoms with Crippen molar-refractivity contribution in [1.29, 1.82) is 0 Å². The Morgan fingerprint density at radius 2 is 2.08 bits per heavy atom. The minimum atomic E-state index is -0.726. The first-order valence-corrected chi connectivity index (χ1v) is 4.31. The van der Waals surface area contributed by atoms with Crippen molar-refractivity contribution in [2.45, 2.75) is 46.0 Å². The van der Waals surface area contributed by atoms with E-state index in [9.17, 15) is 4.79 Å². The van der Waals surface area contributed by atoms with E-state index in [0.717, 1.165) is 6.42 Å². The molecule has 0 spiro atoms. The van der Waals surface area contributed by atoms with E-state index in [-0.39, 0.29) is 12.1 Å². The largest absolute Gasteiger partial charge is 0.432 e. The van der Waals surface area contributed by atoms with Gasteiger partial charge in [0, 0.05) is 13.8 Å². The summed E-state index contributed by atoms with van der Waals surface area (Å²) < 4.78 is 10.4. The van der Waals surface area contributed by atoms with Gasteiger partial charge in [-0.25, -0.2) is 4.79 Å². The van der Waals surface area contributed by atoms with Gasteiger partial charge >= 0.3 is 5.97 Å². The first kappa shape index (κ1) is 9.52. The van der Waals surface area contributed by atoms with Crippen molar-refractivity contribution in [1.82, 2.24) is 0 Å². The van der Waals surface area contributed by atoms with E-state index in [0.29, 0.717) is 5.92 Å². The van der Waals surface area contributed by atoms with Crippen LogP contribution in [0.1, 0.15) is 34.1 Å². The van der Waals surface area contributed by atoms with Crippen molar-refractivity contribution in [3.63, 3.8) is 0 Å². The predicted octanol–water partition coefficient (Wildman–Crippen LogP) is 1.71. The first-order chi connectivity index (χ1) is 5.41. The Morgan fingerprint density at radius 3 is 2.42 bits per heavy atom. The second kappa shape index (κ2) is 3.05. The third kappa shape index (κ3) is 2.21. The molecule has 0 amide bonds. The van der Waals surface area contributed by atoms with Crippen LogP contribution < -0.4 is 0 Å². The van der Waals surface area contributed by atoms with E-state index in [1.165, 1.54) is 0 Å². The summed E-state index contributed by atoms with van der Waals surface area (Å²) in [5, 5.41) is 0. The van der Waals surface area contributed by atoms with Crippen molar-refractivity contribution >= 4 is 5.97 Å². The van der Waals surface area contributed by atoms with Crippen LogP contribution in [0.2, 0.25) is 0 Å². The average molecular weight is 172 g/mol. The highest BCUT2D eigenvalue weighted by Gasteiger charge is 2.40. The lowest BCUT2D eigenvalue weighted by Gasteiger charge is -2.15. The zero-order chi connectivity index (χ0) is 9.35. The van der Waals surface area contributed by atoms with E-state index in [1.807, 2.05) is 0 Å². The predicted molar refractivity (Wildman–Crippen MR) is 44.5 cm³/mol. The van der Waals surface area contributed by atoms with Crippen LogP contribution in [-0.4, -0.2) is 17.9 Å². The maximum atomic E-state index is 11.2. The Bertz CT molecular complexity index is 184. The van der Waals surface area contributed by atoms with Crippen molar-refractivity contribution in [2.24, 2.45) is 5.92 Å². The van der Waals surface area contributed by atoms with E-state index in [1.54, 1.807) is 13.8 Å². The standard InChI is InChI=1S/C9H16O3/c1-6(2)5-7-8(10)12-9(3,4)11-7/h6-7H,5H2,1-4H3. The minimum Gasteiger partial charge on any atom is -0.432 e. The van der Waals surface area contributed by atoms with Crippen LogP contribution in [0.3, 0.4) is 0 Å². The third-order valence-corrected chi connectivity index (χ3v) is 1.72. The lowest BCUT2D eigenvalue weighted by atomic mass is 10.1. The normalized spacial score (nSPS) is 27.8. The van der Waals surface area contributed by atoms with Gasteiger partial charge < -0.3 is 9.47 Å². The summed E-state index contributed by atoms with van der Waals surface area (Å²) in [6.07, 6.45) is 0.377. The molecule has 0 aromatic rings. The zero-order valence-electron chi connectivity index (χ0n) is 8.09. The molecule has 70 valence electrons. The molecule has 1 unspecified atom stereocenters. The van der Waals surface area contributed by atoms with Gasteiger partial charge in [0.25, 0.3) is 0 Å². The number of esters is 1. The minimum absolute atomic E-state index is 0.228. The molecule has 1 rings (SSSR count). The molecular formula is C9H16O3. The van der Waals surface area contributed by atoms with Gasteiger partial charge in [-0.05, 0) is 12.3 Å². The van der Waals surface area contributed by atoms with Gasteiger partial charge in [0.1, 0.15) is 0 Å². The summed E-state index contributed by atoms with van der Waals surface area (Å²) in [6, 6.07) is 0. The molecule has 1 aliphatic heterocycles. The summed E-state index contributed by atoms with van der Waals surface area (Å²) >= 11 is 0. The number of ether oxygens (including phenoxy) is 2. The van der Waals surface area contributed by atoms with Gasteiger partial charge in [0.05, 0.1) is 0 Å². The fourth-order valence-corrected chi connectivity index (χ4v) is 1.30. The van der Waals surface area contributed by atoms with Crippen LogP contribution in [0.15, 0.2) is 0 Å². The molecule has 1 heterocycles. The fraction of sp³-hybridized carbons (Fsp3) is 0.889. The summed E-state index contributed by atoms with van der Waals surface area (Å²) in [7, 11) is 0. The fourth-order valence-electron chi connectivity index (χ4n) is 1.30. The quantitative estimate of drug-likeness (QED) is 0.595. The molecule has 1 atom stereocenters. The zero-order valence-corrected chi connectivity index (χ0v) is 8.09. The Morgan fingerprint density at radius 1 is 1.50 bits per heavy atom. The molecule has 1 fully saturated rings. The molecule has 3 nitrogen and oxygen atoms in total. The number of carbonyl (C=O) groups is 1. The highest BCUT2D eigenvalue weighted by Crippen LogP contribution is 2.27. The molecule has 12 heavy (non-hydrogen) atoms. The summed E-state index contributed by atoms with van der Waals surface area (Å²) in [5.74, 6) is -0.499. The molecule has 0 saturated carbocycles. The lowest BCUT2D eigenvalue weighted by Crippen LogP contribution is -2.22. The second-order valence-electron chi connectivity index (χ2n) is 4.06. The maximum Gasteiger partial charge on any atom is 0.337 e. The molecule has 0 aromatic heterocycles. The van der Waals surface area contributed by atoms with Gasteiger partial charge in [-0.15, -0.1) is 0 Å². The number of hydrogen-bond donors (Lipinski definition) is 0. The molecule has 0 aliphatic carbocycles. The summed E-state index contributed by atoms with van der Waals surface area (Å²) in [4.78, 5) is 11.2. The molecular weight excluding hydrogens is 156 g/mol. The van der Waals surface area contributed by atoms with E-state index < -0.39 is 5.79 Å². The van der Waals surface area contributed by atoms with Crippen LogP contribution in [0.5, 0.6) is 0 Å². The van der Waals surface area contributed by atoms with Gasteiger partial charge in [0.15, 0.2) is 6.10 Å². The highest BCUT2D eigenvalue weighted by molar-refractivity contribution is 5.76. The first-order valence-electron chi connectivity index (χ1n) is 4.31. The van der Waals surface area contributed by atoms with E-state index >= 15 is 0 Å². The van der Waals surface area contributed by atoms with Crippen LogP contribution in [-0.2, 0) is 14.3 Å². The van der Waals surface area contributed by atoms with Crippen molar-refractivity contribution in [2.75, 3.05) is 0 Å². The van der Waals surface area contributed by atoms with Gasteiger partial charge in [-0.1, -0.05) is 13.8 Å². The van der Waals surface area contributed by atoms with Gasteiger partial charge in [-0.2, -0.15) is 0 Å². The molecule has 3 heteroatoms. The van der Waals surface area contributed by atoms with E-state index in [4.69, 9.17) is 9.47 Å². The number of rotatable bonds is 2. The van der Waals surface area contributed by atoms with E-state index in [2.05, 4.69) is 13.8 Å². The molecule has 0 bridgehead atoms. The van der Waals surface area contributed by atoms with Crippen molar-refractivity contribution < 1.29 is 14.3 Å². The molecule has 1 saturated heterocycles. The van der Waals surface area contributed by atoms with Gasteiger partial charge in [0.2, 0.25) is 5.79 Å². The third-order valence-electron chi connectivity index (χ3n) is 1.72. The van der Waals surface area contributed by atoms with Gasteiger partial charge in [-0.3, -0.25) is 0 Å². The van der Waals surface area contributed by atoms with Crippen LogP contribution in [0.25, 0.3) is 0 Å². The Hall–Kier alpha value is -0.570. The number of hydrogen-bond acceptors (Lipinski definition) is 3. The Kier molecular flexibility index (Phi) is 2.42. The van der Waals surface area contributed by atoms with Crippen LogP contribution in [0, 0.1) is 5.92 Å². The molecule has 0 radical (unpaired) electrons. The maximum absolute atomic E-state index is 11.2. The molecule has 0 N–H and O–H groups in total. The second-order valence-corrected chi connectivity index (χ2v) is 4.06. The monoisotopic (exact) mass is 172 g/mol. The number of cyclic esters (lactones) is 1. The lowest BCUT2D eigenvalue weighted by molar-refractivity contribution is -0.161. The average Bonchev–Trinajstić information content (AvgIpc) is 2.03. The Labute approximate surface area is 73.0 Å². The summed E-state index contributed by atoms with van der Waals surface area (Å²) in [6.45, 7) is 7.63. The molecule has 0 aromatic carbocycles. The SMILES string of the molecule is CC(C)CC1OC(C)(C)OC1=O. The highest BCUT2D eigenvalue weighted by atomic mass is 16.8. The number of carbonyl (C=O) groups excluding carboxylic acids is 1. The molecule has 1 aliphatic rings. The van der Waals surface area contributed by atoms with Crippen LogP contribution >= 0.6 is 0 Å². The Balaban J connectivity index is 2.53. The summed E-state index contributed by atoms with van der Waals surface area (Å²) in [5.41, 5.74) is 0. The van der Waals surface area contributed by atoms with Crippen LogP contribution in [0.4, 0.5) is 0 Å². The smallest absolute Gasteiger partial charge is 0.337 e. The van der Waals surface area contributed by atoms with Crippen molar-refractivity contribution in [3.8, 4) is 0 Å².